The van der Waals surface area contributed by atoms with Gasteiger partial charge >= 0.3 is 0 Å². The molecule has 0 bridgehead atoms. The van der Waals surface area contributed by atoms with Crippen LogP contribution < -0.4 is 10.6 Å². The fourth-order valence-electron chi connectivity index (χ4n) is 2.86. The summed E-state index contributed by atoms with van der Waals surface area (Å²) in [5, 5.41) is 10.4. The summed E-state index contributed by atoms with van der Waals surface area (Å²) in [4.78, 5) is 12.6. The summed E-state index contributed by atoms with van der Waals surface area (Å²) in [6.45, 7) is 1.85. The van der Waals surface area contributed by atoms with Gasteiger partial charge in [-0.15, -0.1) is 12.4 Å². The first-order valence-electron chi connectivity index (χ1n) is 8.48. The van der Waals surface area contributed by atoms with Gasteiger partial charge in [-0.3, -0.25) is 9.48 Å². The average Bonchev–Trinajstić information content (AvgIpc) is 3.13. The van der Waals surface area contributed by atoms with Gasteiger partial charge in [0, 0.05) is 32.5 Å². The molecule has 2 aromatic rings. The van der Waals surface area contributed by atoms with Crippen LogP contribution in [0.25, 0.3) is 0 Å². The van der Waals surface area contributed by atoms with E-state index >= 15 is 0 Å². The lowest BCUT2D eigenvalue weighted by molar-refractivity contribution is 0.102. The maximum absolute atomic E-state index is 12.4. The van der Waals surface area contributed by atoms with E-state index in [4.69, 9.17) is 0 Å². The lowest BCUT2D eigenvalue weighted by Gasteiger charge is -2.22. The number of nitrogens with one attached hydrogen (secondary N) is 2. The van der Waals surface area contributed by atoms with Crippen molar-refractivity contribution >= 4 is 34.0 Å². The minimum absolute atomic E-state index is 0. The molecule has 3 rings (SSSR count). The van der Waals surface area contributed by atoms with Crippen LogP contribution in [0.1, 0.15) is 29.4 Å². The molecule has 1 saturated heterocycles. The average molecular weight is 414 g/mol. The van der Waals surface area contributed by atoms with Crippen molar-refractivity contribution in [2.75, 3.05) is 32.5 Å². The maximum atomic E-state index is 12.4. The molecule has 1 unspecified atom stereocenters. The van der Waals surface area contributed by atoms with Crippen LogP contribution in [0.15, 0.2) is 41.4 Å². The number of carbonyl (C=O) groups is 1. The second kappa shape index (κ2) is 8.83. The molecule has 10 heteroatoms. The van der Waals surface area contributed by atoms with Gasteiger partial charge in [-0.1, -0.05) is 6.07 Å². The number of hydrogen-bond acceptors (Lipinski definition) is 5. The Kier molecular flexibility index (Phi) is 6.99. The van der Waals surface area contributed by atoms with Crippen molar-refractivity contribution in [1.82, 2.24) is 19.4 Å². The van der Waals surface area contributed by atoms with Crippen LogP contribution in [-0.2, 0) is 10.0 Å². The number of aromatic nitrogens is 2. The fourth-order valence-corrected chi connectivity index (χ4v) is 3.81. The number of sulfonamides is 1. The van der Waals surface area contributed by atoms with Crippen LogP contribution in [0.4, 0.5) is 5.69 Å². The molecule has 148 valence electrons. The minimum atomic E-state index is -3.55. The molecule has 0 radical (unpaired) electrons. The zero-order valence-corrected chi connectivity index (χ0v) is 16.9. The molecular formula is C17H24ClN5O3S. The second-order valence-corrected chi connectivity index (χ2v) is 8.60. The third-order valence-corrected chi connectivity index (χ3v) is 6.17. The molecule has 1 aromatic carbocycles. The molecule has 2 N–H and O–H groups in total. The summed E-state index contributed by atoms with van der Waals surface area (Å²) in [6, 6.07) is 8.10. The number of halogens is 1. The van der Waals surface area contributed by atoms with E-state index in [1.54, 1.807) is 24.4 Å². The van der Waals surface area contributed by atoms with E-state index < -0.39 is 10.0 Å². The van der Waals surface area contributed by atoms with Crippen LogP contribution in [0.3, 0.4) is 0 Å². The SMILES string of the molecule is CN(C)S(=O)(=O)c1cccc(NC(=O)c2ccn(C3CCCNC3)n2)c1.Cl. The molecule has 1 aromatic heterocycles. The molecule has 2 heterocycles. The van der Waals surface area contributed by atoms with Gasteiger partial charge in [0.2, 0.25) is 10.0 Å². The smallest absolute Gasteiger partial charge is 0.276 e. The molecule has 1 atom stereocenters. The van der Waals surface area contributed by atoms with E-state index in [0.717, 1.165) is 30.2 Å². The largest absolute Gasteiger partial charge is 0.321 e. The first kappa shape index (κ1) is 21.4. The lowest BCUT2D eigenvalue weighted by Crippen LogP contribution is -2.32. The molecular weight excluding hydrogens is 390 g/mol. The highest BCUT2D eigenvalue weighted by Gasteiger charge is 2.20. The zero-order valence-electron chi connectivity index (χ0n) is 15.3. The van der Waals surface area contributed by atoms with Crippen LogP contribution in [0, 0.1) is 0 Å². The van der Waals surface area contributed by atoms with Crippen LogP contribution in [-0.4, -0.2) is 55.6 Å². The van der Waals surface area contributed by atoms with Crippen molar-refractivity contribution in [2.45, 2.75) is 23.8 Å². The number of benzene rings is 1. The highest BCUT2D eigenvalue weighted by Crippen LogP contribution is 2.19. The molecule has 0 aliphatic carbocycles. The lowest BCUT2D eigenvalue weighted by atomic mass is 10.1. The zero-order chi connectivity index (χ0) is 18.7. The summed E-state index contributed by atoms with van der Waals surface area (Å²) < 4.78 is 27.4. The Bertz CT molecular complexity index is 891. The molecule has 1 aliphatic rings. The Morgan fingerprint density at radius 2 is 2.11 bits per heavy atom. The summed E-state index contributed by atoms with van der Waals surface area (Å²) >= 11 is 0. The van der Waals surface area contributed by atoms with Crippen LogP contribution in [0.2, 0.25) is 0 Å². The van der Waals surface area contributed by atoms with Gasteiger partial charge in [0.05, 0.1) is 10.9 Å². The van der Waals surface area contributed by atoms with Crippen molar-refractivity contribution < 1.29 is 13.2 Å². The van der Waals surface area contributed by atoms with Gasteiger partial charge in [0.15, 0.2) is 5.69 Å². The predicted octanol–water partition coefficient (Wildman–Crippen LogP) is 1.73. The van der Waals surface area contributed by atoms with E-state index in [0.29, 0.717) is 11.4 Å². The van der Waals surface area contributed by atoms with Crippen molar-refractivity contribution in [1.29, 1.82) is 0 Å². The first-order chi connectivity index (χ1) is 12.4. The van der Waals surface area contributed by atoms with Gasteiger partial charge in [0.25, 0.3) is 5.91 Å². The fraction of sp³-hybridized carbons (Fsp3) is 0.412. The Labute approximate surface area is 165 Å². The third-order valence-electron chi connectivity index (χ3n) is 4.36. The van der Waals surface area contributed by atoms with Gasteiger partial charge in [-0.2, -0.15) is 5.10 Å². The summed E-state index contributed by atoms with van der Waals surface area (Å²) in [6.07, 6.45) is 3.92. The number of piperidine rings is 1. The normalized spacial score (nSPS) is 17.4. The van der Waals surface area contributed by atoms with Crippen LogP contribution in [0.5, 0.6) is 0 Å². The van der Waals surface area contributed by atoms with E-state index in [1.165, 1.54) is 26.2 Å². The number of rotatable bonds is 5. The molecule has 1 aliphatic heterocycles. The number of amides is 1. The topological polar surface area (TPSA) is 96.3 Å². The Balaban J connectivity index is 0.00000261. The van der Waals surface area contributed by atoms with Gasteiger partial charge < -0.3 is 10.6 Å². The predicted molar refractivity (Wildman–Crippen MR) is 106 cm³/mol. The molecule has 1 amide bonds. The van der Waals surface area contributed by atoms with E-state index in [2.05, 4.69) is 15.7 Å². The highest BCUT2D eigenvalue weighted by atomic mass is 35.5. The summed E-state index contributed by atoms with van der Waals surface area (Å²) in [5.74, 6) is -0.369. The van der Waals surface area contributed by atoms with Crippen molar-refractivity contribution in [2.24, 2.45) is 0 Å². The summed E-state index contributed by atoms with van der Waals surface area (Å²) in [7, 11) is -0.624. The Morgan fingerprint density at radius 3 is 2.78 bits per heavy atom. The van der Waals surface area contributed by atoms with Gasteiger partial charge in [-0.05, 0) is 43.7 Å². The first-order valence-corrected chi connectivity index (χ1v) is 9.92. The third kappa shape index (κ3) is 4.86. The molecule has 0 spiro atoms. The maximum Gasteiger partial charge on any atom is 0.276 e. The van der Waals surface area contributed by atoms with Gasteiger partial charge in [0.1, 0.15) is 0 Å². The van der Waals surface area contributed by atoms with E-state index in [-0.39, 0.29) is 29.3 Å². The van der Waals surface area contributed by atoms with Gasteiger partial charge in [-0.25, -0.2) is 12.7 Å². The van der Waals surface area contributed by atoms with Crippen molar-refractivity contribution in [3.05, 3.63) is 42.2 Å². The quantitative estimate of drug-likeness (QED) is 0.778. The second-order valence-electron chi connectivity index (χ2n) is 6.45. The molecule has 0 saturated carbocycles. The number of anilines is 1. The van der Waals surface area contributed by atoms with E-state index in [1.807, 2.05) is 4.68 Å². The molecule has 27 heavy (non-hydrogen) atoms. The number of nitrogens with zero attached hydrogens (tertiary/aromatic N) is 3. The Morgan fingerprint density at radius 1 is 1.33 bits per heavy atom. The minimum Gasteiger partial charge on any atom is -0.321 e. The monoisotopic (exact) mass is 413 g/mol. The number of carbonyl (C=O) groups excluding carboxylic acids is 1. The molecule has 1 fully saturated rings. The standard InChI is InChI=1S/C17H23N5O3S.ClH/c1-21(2)26(24,25)15-7-3-5-13(11-15)19-17(23)16-8-10-22(20-16)14-6-4-9-18-12-14;/h3,5,7-8,10-11,14,18H,4,6,9,12H2,1-2H3,(H,19,23);1H. The van der Waals surface area contributed by atoms with Crippen molar-refractivity contribution in [3.8, 4) is 0 Å². The summed E-state index contributed by atoms with van der Waals surface area (Å²) in [5.41, 5.74) is 0.711. The van der Waals surface area contributed by atoms with E-state index in [9.17, 15) is 13.2 Å². The highest BCUT2D eigenvalue weighted by molar-refractivity contribution is 7.89. The Hall–Kier alpha value is -1.94. The van der Waals surface area contributed by atoms with Crippen molar-refractivity contribution in [3.63, 3.8) is 0 Å². The van der Waals surface area contributed by atoms with Crippen LogP contribution >= 0.6 is 12.4 Å². The molecule has 8 nitrogen and oxygen atoms in total. The number of hydrogen-bond donors (Lipinski definition) is 2.